The molecule has 150 valence electrons. The van der Waals surface area contributed by atoms with Crippen molar-refractivity contribution in [1.29, 1.82) is 0 Å². The lowest BCUT2D eigenvalue weighted by atomic mass is 10.0. The minimum Gasteiger partial charge on any atom is -0.486 e. The number of rotatable bonds is 4. The molecule has 1 aliphatic heterocycles. The van der Waals surface area contributed by atoms with E-state index in [9.17, 15) is 4.79 Å². The van der Waals surface area contributed by atoms with Gasteiger partial charge in [0.25, 0.3) is 0 Å². The molecule has 8 heteroatoms. The van der Waals surface area contributed by atoms with Crippen LogP contribution in [0, 0.1) is 0 Å². The van der Waals surface area contributed by atoms with Gasteiger partial charge in [0, 0.05) is 11.6 Å². The van der Waals surface area contributed by atoms with Crippen molar-refractivity contribution < 1.29 is 14.3 Å². The molecule has 0 radical (unpaired) electrons. The summed E-state index contributed by atoms with van der Waals surface area (Å²) in [5, 5.41) is 10.9. The quantitative estimate of drug-likeness (QED) is 0.484. The van der Waals surface area contributed by atoms with Crippen molar-refractivity contribution in [2.24, 2.45) is 0 Å². The van der Waals surface area contributed by atoms with Crippen LogP contribution in [0.4, 0.5) is 11.6 Å². The maximum Gasteiger partial charge on any atom is 0.230 e. The Morgan fingerprint density at radius 2 is 1.87 bits per heavy atom. The molecule has 2 aromatic carbocycles. The molecule has 8 nitrogen and oxygen atoms in total. The molecule has 5 rings (SSSR count). The molecule has 2 aromatic heterocycles. The number of benzene rings is 2. The zero-order valence-corrected chi connectivity index (χ0v) is 16.0. The Morgan fingerprint density at radius 3 is 2.73 bits per heavy atom. The number of carbonyl (C=O) groups excluding carboxylic acids is 1. The molecular weight excluding hydrogens is 382 g/mol. The summed E-state index contributed by atoms with van der Waals surface area (Å²) in [4.78, 5) is 16.7. The van der Waals surface area contributed by atoms with Gasteiger partial charge in [-0.25, -0.2) is 4.98 Å². The first-order valence-electron chi connectivity index (χ1n) is 9.54. The van der Waals surface area contributed by atoms with Gasteiger partial charge in [0.2, 0.25) is 5.91 Å². The topological polar surface area (TPSA) is 115 Å². The highest BCUT2D eigenvalue weighted by Gasteiger charge is 2.15. The molecule has 0 bridgehead atoms. The lowest BCUT2D eigenvalue weighted by Crippen LogP contribution is -2.17. The number of fused-ring (bicyclic) bond motifs is 2. The third-order valence-electron chi connectivity index (χ3n) is 4.91. The number of ether oxygens (including phenoxy) is 2. The van der Waals surface area contributed by atoms with Crippen LogP contribution in [0.3, 0.4) is 0 Å². The number of hydrogen-bond acceptors (Lipinski definition) is 6. The molecule has 1 aliphatic rings. The van der Waals surface area contributed by atoms with Gasteiger partial charge >= 0.3 is 0 Å². The van der Waals surface area contributed by atoms with E-state index in [2.05, 4.69) is 20.5 Å². The van der Waals surface area contributed by atoms with Gasteiger partial charge in [-0.1, -0.05) is 12.1 Å². The van der Waals surface area contributed by atoms with Crippen molar-refractivity contribution in [3.63, 3.8) is 0 Å². The highest BCUT2D eigenvalue weighted by molar-refractivity contribution is 6.01. The largest absolute Gasteiger partial charge is 0.486 e. The van der Waals surface area contributed by atoms with Crippen LogP contribution in [-0.4, -0.2) is 34.3 Å². The molecule has 0 spiro atoms. The summed E-state index contributed by atoms with van der Waals surface area (Å²) in [6.07, 6.45) is 1.87. The molecule has 1 amide bonds. The first kappa shape index (κ1) is 18.0. The van der Waals surface area contributed by atoms with Crippen molar-refractivity contribution in [2.45, 2.75) is 6.42 Å². The van der Waals surface area contributed by atoms with Gasteiger partial charge in [0.05, 0.1) is 11.9 Å². The number of nitrogens with two attached hydrogens (primary N) is 1. The average Bonchev–Trinajstić information content (AvgIpc) is 3.15. The maximum atomic E-state index is 12.6. The lowest BCUT2D eigenvalue weighted by molar-refractivity contribution is -0.115. The van der Waals surface area contributed by atoms with Crippen LogP contribution in [-0.2, 0) is 11.2 Å². The molecule has 4 aromatic rings. The molecule has 4 N–H and O–H groups in total. The molecule has 0 fully saturated rings. The van der Waals surface area contributed by atoms with Gasteiger partial charge in [-0.15, -0.1) is 0 Å². The van der Waals surface area contributed by atoms with E-state index in [1.54, 1.807) is 12.3 Å². The molecule has 3 heterocycles. The van der Waals surface area contributed by atoms with Crippen molar-refractivity contribution in [3.05, 3.63) is 60.3 Å². The number of anilines is 2. The van der Waals surface area contributed by atoms with Crippen molar-refractivity contribution >= 4 is 28.4 Å². The van der Waals surface area contributed by atoms with E-state index in [0.29, 0.717) is 36.3 Å². The zero-order valence-electron chi connectivity index (χ0n) is 16.0. The normalized spacial score (nSPS) is 12.7. The second kappa shape index (κ2) is 7.40. The van der Waals surface area contributed by atoms with Crippen LogP contribution >= 0.6 is 0 Å². The van der Waals surface area contributed by atoms with Crippen LogP contribution < -0.4 is 20.5 Å². The number of nitrogens with one attached hydrogen (secondary N) is 2. The summed E-state index contributed by atoms with van der Waals surface area (Å²) in [6, 6.07) is 15.1. The molecule has 0 atom stereocenters. The van der Waals surface area contributed by atoms with Gasteiger partial charge in [-0.3, -0.25) is 9.89 Å². The van der Waals surface area contributed by atoms with Crippen LogP contribution in [0.2, 0.25) is 0 Å². The van der Waals surface area contributed by atoms with Crippen LogP contribution in [0.25, 0.3) is 22.0 Å². The highest BCUT2D eigenvalue weighted by Crippen LogP contribution is 2.31. The van der Waals surface area contributed by atoms with E-state index >= 15 is 0 Å². The van der Waals surface area contributed by atoms with Gasteiger partial charge in [0.1, 0.15) is 19.0 Å². The summed E-state index contributed by atoms with van der Waals surface area (Å²) in [5.74, 6) is 2.13. The third kappa shape index (κ3) is 3.50. The standard InChI is InChI=1S/C22H19N5O3/c23-20-12-15(5-6-24-20)14-2-3-17-16(11-14)22(27-26-17)25-21(28)10-13-1-4-18-19(9-13)30-8-7-29-18/h1-6,9,11-12H,7-8,10H2,(H2,23,24)(H2,25,26,27,28). The number of H-pyrrole nitrogens is 1. The van der Waals surface area contributed by atoms with E-state index in [-0.39, 0.29) is 12.3 Å². The van der Waals surface area contributed by atoms with Gasteiger partial charge < -0.3 is 20.5 Å². The van der Waals surface area contributed by atoms with Crippen LogP contribution in [0.15, 0.2) is 54.7 Å². The Balaban J connectivity index is 1.37. The Hall–Kier alpha value is -4.07. The van der Waals surface area contributed by atoms with Crippen molar-refractivity contribution in [3.8, 4) is 22.6 Å². The second-order valence-corrected chi connectivity index (χ2v) is 7.00. The fourth-order valence-electron chi connectivity index (χ4n) is 3.48. The molecule has 30 heavy (non-hydrogen) atoms. The SMILES string of the molecule is Nc1cc(-c2ccc3[nH]nc(NC(=O)Cc4ccc5c(c4)OCCO5)c3c2)ccn1. The summed E-state index contributed by atoms with van der Waals surface area (Å²) in [6.45, 7) is 1.04. The fraction of sp³-hybridized carbons (Fsp3) is 0.136. The molecule has 0 unspecified atom stereocenters. The minimum atomic E-state index is -0.168. The zero-order chi connectivity index (χ0) is 20.5. The predicted octanol–water partition coefficient (Wildman–Crippen LogP) is 3.16. The molecule has 0 saturated carbocycles. The average molecular weight is 401 g/mol. The molecular formula is C22H19N5O3. The van der Waals surface area contributed by atoms with Gasteiger partial charge in [-0.05, 0) is 53.1 Å². The molecule has 0 saturated heterocycles. The molecule has 0 aliphatic carbocycles. The number of nitrogen functional groups attached to an aromatic ring is 1. The van der Waals surface area contributed by atoms with Crippen LogP contribution in [0.5, 0.6) is 11.5 Å². The lowest BCUT2D eigenvalue weighted by Gasteiger charge is -2.18. The Kier molecular flexibility index (Phi) is 4.44. The number of aromatic nitrogens is 3. The van der Waals surface area contributed by atoms with Crippen molar-refractivity contribution in [1.82, 2.24) is 15.2 Å². The summed E-state index contributed by atoms with van der Waals surface area (Å²) in [7, 11) is 0. The van der Waals surface area contributed by atoms with E-state index in [1.807, 2.05) is 42.5 Å². The van der Waals surface area contributed by atoms with E-state index < -0.39 is 0 Å². The third-order valence-corrected chi connectivity index (χ3v) is 4.91. The fourth-order valence-corrected chi connectivity index (χ4v) is 3.48. The number of aromatic amines is 1. The smallest absolute Gasteiger partial charge is 0.230 e. The number of amides is 1. The maximum absolute atomic E-state index is 12.6. The summed E-state index contributed by atoms with van der Waals surface area (Å²) < 4.78 is 11.1. The van der Waals surface area contributed by atoms with E-state index in [0.717, 1.165) is 27.6 Å². The van der Waals surface area contributed by atoms with Gasteiger partial charge in [0.15, 0.2) is 17.3 Å². The second-order valence-electron chi connectivity index (χ2n) is 7.00. The Morgan fingerprint density at radius 1 is 1.03 bits per heavy atom. The van der Waals surface area contributed by atoms with Crippen LogP contribution in [0.1, 0.15) is 5.56 Å². The van der Waals surface area contributed by atoms with Gasteiger partial charge in [-0.2, -0.15) is 5.10 Å². The monoisotopic (exact) mass is 401 g/mol. The minimum absolute atomic E-state index is 0.168. The van der Waals surface area contributed by atoms with Crippen molar-refractivity contribution in [2.75, 3.05) is 24.3 Å². The van der Waals surface area contributed by atoms with E-state index in [1.165, 1.54) is 0 Å². The predicted molar refractivity (Wildman–Crippen MR) is 114 cm³/mol. The highest BCUT2D eigenvalue weighted by atomic mass is 16.6. The van der Waals surface area contributed by atoms with E-state index in [4.69, 9.17) is 15.2 Å². The summed E-state index contributed by atoms with van der Waals surface area (Å²) in [5.41, 5.74) is 9.37. The Bertz CT molecular complexity index is 1250. The number of carbonyl (C=O) groups is 1. The first-order chi connectivity index (χ1) is 14.7. The first-order valence-corrected chi connectivity index (χ1v) is 9.54. The number of nitrogens with zero attached hydrogens (tertiary/aromatic N) is 2. The number of pyridine rings is 1. The Labute approximate surface area is 172 Å². The summed E-state index contributed by atoms with van der Waals surface area (Å²) >= 11 is 0. The number of hydrogen-bond donors (Lipinski definition) is 3.